The van der Waals surface area contributed by atoms with Crippen LogP contribution in [-0.2, 0) is 0 Å². The van der Waals surface area contributed by atoms with E-state index in [2.05, 4.69) is 10.3 Å². The van der Waals surface area contributed by atoms with E-state index in [1.165, 1.54) is 50.8 Å². The molecule has 1 aromatic heterocycles. The SMILES string of the molecule is O=c1ccc(C2CCC3(CCCNC3)C2)c[nH]1. The number of nitrogens with one attached hydrogen (secondary N) is 2. The van der Waals surface area contributed by atoms with Crippen molar-refractivity contribution in [3.05, 3.63) is 34.2 Å². The number of aromatic nitrogens is 1. The van der Waals surface area contributed by atoms with Crippen LogP contribution in [0, 0.1) is 5.41 Å². The standard InChI is InChI=1S/C14H20N2O/c17-13-3-2-12(9-16-13)11-4-6-14(8-11)5-1-7-15-10-14/h2-3,9,11,15H,1,4-8,10H2,(H,16,17). The minimum atomic E-state index is 0.000734. The van der Waals surface area contributed by atoms with Crippen molar-refractivity contribution in [2.75, 3.05) is 13.1 Å². The van der Waals surface area contributed by atoms with Gasteiger partial charge in [0.25, 0.3) is 0 Å². The summed E-state index contributed by atoms with van der Waals surface area (Å²) >= 11 is 0. The van der Waals surface area contributed by atoms with Crippen molar-refractivity contribution in [3.8, 4) is 0 Å². The van der Waals surface area contributed by atoms with Crippen LogP contribution in [0.4, 0.5) is 0 Å². The maximum Gasteiger partial charge on any atom is 0.247 e. The second kappa shape index (κ2) is 4.30. The minimum Gasteiger partial charge on any atom is -0.329 e. The van der Waals surface area contributed by atoms with Crippen molar-refractivity contribution in [2.24, 2.45) is 5.41 Å². The Kier molecular flexibility index (Phi) is 2.79. The van der Waals surface area contributed by atoms with Gasteiger partial charge in [-0.05, 0) is 55.5 Å². The number of hydrogen-bond donors (Lipinski definition) is 2. The molecular formula is C14H20N2O. The average molecular weight is 232 g/mol. The Labute approximate surface area is 102 Å². The molecule has 2 aliphatic rings. The molecule has 1 aromatic rings. The lowest BCUT2D eigenvalue weighted by Gasteiger charge is -2.34. The maximum absolute atomic E-state index is 11.1. The molecule has 2 unspecified atom stereocenters. The second-order valence-corrected chi connectivity index (χ2v) is 5.71. The number of piperidine rings is 1. The summed E-state index contributed by atoms with van der Waals surface area (Å²) in [6.45, 7) is 2.37. The van der Waals surface area contributed by atoms with Gasteiger partial charge >= 0.3 is 0 Å². The first kappa shape index (κ1) is 11.0. The number of hydrogen-bond acceptors (Lipinski definition) is 2. The minimum absolute atomic E-state index is 0.000734. The zero-order valence-corrected chi connectivity index (χ0v) is 10.2. The molecule has 17 heavy (non-hydrogen) atoms. The monoisotopic (exact) mass is 232 g/mol. The molecule has 2 fully saturated rings. The Bertz CT molecular complexity index is 425. The van der Waals surface area contributed by atoms with E-state index < -0.39 is 0 Å². The summed E-state index contributed by atoms with van der Waals surface area (Å²) in [6.07, 6.45) is 8.49. The molecule has 2 atom stereocenters. The third kappa shape index (κ3) is 2.16. The molecule has 92 valence electrons. The number of pyridine rings is 1. The highest BCUT2D eigenvalue weighted by Crippen LogP contribution is 2.49. The number of aromatic amines is 1. The van der Waals surface area contributed by atoms with Gasteiger partial charge < -0.3 is 10.3 Å². The molecule has 0 amide bonds. The van der Waals surface area contributed by atoms with Gasteiger partial charge in [-0.25, -0.2) is 0 Å². The summed E-state index contributed by atoms with van der Waals surface area (Å²) in [7, 11) is 0. The molecule has 0 aromatic carbocycles. The lowest BCUT2D eigenvalue weighted by molar-refractivity contribution is 0.214. The van der Waals surface area contributed by atoms with E-state index in [0.717, 1.165) is 0 Å². The van der Waals surface area contributed by atoms with Crippen LogP contribution in [-0.4, -0.2) is 18.1 Å². The van der Waals surface area contributed by atoms with Gasteiger partial charge in [-0.2, -0.15) is 0 Å². The molecule has 0 radical (unpaired) electrons. The lowest BCUT2D eigenvalue weighted by Crippen LogP contribution is -2.38. The van der Waals surface area contributed by atoms with Gasteiger partial charge in [0, 0.05) is 18.8 Å². The van der Waals surface area contributed by atoms with E-state index in [1.807, 2.05) is 12.3 Å². The molecule has 1 aliphatic heterocycles. The van der Waals surface area contributed by atoms with E-state index >= 15 is 0 Å². The highest BCUT2D eigenvalue weighted by molar-refractivity contribution is 5.18. The fraction of sp³-hybridized carbons (Fsp3) is 0.643. The lowest BCUT2D eigenvalue weighted by atomic mass is 9.78. The largest absolute Gasteiger partial charge is 0.329 e. The topological polar surface area (TPSA) is 44.9 Å². The second-order valence-electron chi connectivity index (χ2n) is 5.71. The fourth-order valence-corrected chi connectivity index (χ4v) is 3.59. The summed E-state index contributed by atoms with van der Waals surface area (Å²) in [6, 6.07) is 3.65. The van der Waals surface area contributed by atoms with Crippen molar-refractivity contribution in [2.45, 2.75) is 38.0 Å². The highest BCUT2D eigenvalue weighted by Gasteiger charge is 2.40. The summed E-state index contributed by atoms with van der Waals surface area (Å²) in [4.78, 5) is 13.9. The highest BCUT2D eigenvalue weighted by atomic mass is 16.1. The van der Waals surface area contributed by atoms with Crippen molar-refractivity contribution >= 4 is 0 Å². The van der Waals surface area contributed by atoms with Crippen molar-refractivity contribution in [3.63, 3.8) is 0 Å². The molecule has 2 N–H and O–H groups in total. The van der Waals surface area contributed by atoms with Gasteiger partial charge in [-0.15, -0.1) is 0 Å². The Morgan fingerprint density at radius 2 is 2.24 bits per heavy atom. The molecule has 3 nitrogen and oxygen atoms in total. The van der Waals surface area contributed by atoms with Crippen LogP contribution in [0.5, 0.6) is 0 Å². The van der Waals surface area contributed by atoms with Crippen LogP contribution in [0.1, 0.15) is 43.6 Å². The Morgan fingerprint density at radius 3 is 2.94 bits per heavy atom. The van der Waals surface area contributed by atoms with Gasteiger partial charge in [0.05, 0.1) is 0 Å². The molecule has 1 saturated carbocycles. The third-order valence-electron chi connectivity index (χ3n) is 4.54. The van der Waals surface area contributed by atoms with Gasteiger partial charge in [0.15, 0.2) is 0 Å². The molecule has 3 rings (SSSR count). The van der Waals surface area contributed by atoms with Crippen molar-refractivity contribution in [1.82, 2.24) is 10.3 Å². The van der Waals surface area contributed by atoms with Gasteiger partial charge in [-0.1, -0.05) is 6.07 Å². The van der Waals surface area contributed by atoms with Gasteiger partial charge in [0.1, 0.15) is 0 Å². The molecule has 1 saturated heterocycles. The van der Waals surface area contributed by atoms with Crippen molar-refractivity contribution in [1.29, 1.82) is 0 Å². The molecule has 0 bridgehead atoms. The molecule has 1 aliphatic carbocycles. The van der Waals surface area contributed by atoms with E-state index in [0.29, 0.717) is 11.3 Å². The van der Waals surface area contributed by atoms with Crippen LogP contribution in [0.15, 0.2) is 23.1 Å². The van der Waals surface area contributed by atoms with Crippen LogP contribution in [0.25, 0.3) is 0 Å². The zero-order chi connectivity index (χ0) is 11.7. The summed E-state index contributed by atoms with van der Waals surface area (Å²) < 4.78 is 0. The quantitative estimate of drug-likeness (QED) is 0.778. The normalized spacial score (nSPS) is 33.1. The molecule has 3 heteroatoms. The third-order valence-corrected chi connectivity index (χ3v) is 4.54. The predicted molar refractivity (Wildman–Crippen MR) is 68.2 cm³/mol. The van der Waals surface area contributed by atoms with Crippen LogP contribution in [0.2, 0.25) is 0 Å². The van der Waals surface area contributed by atoms with E-state index in [4.69, 9.17) is 0 Å². The summed E-state index contributed by atoms with van der Waals surface area (Å²) in [5, 5.41) is 3.54. The molecule has 1 spiro atoms. The molecule has 2 heterocycles. The van der Waals surface area contributed by atoms with E-state index in [-0.39, 0.29) is 5.56 Å². The molecular weight excluding hydrogens is 212 g/mol. The zero-order valence-electron chi connectivity index (χ0n) is 10.2. The summed E-state index contributed by atoms with van der Waals surface area (Å²) in [5.74, 6) is 0.645. The number of rotatable bonds is 1. The van der Waals surface area contributed by atoms with E-state index in [1.54, 1.807) is 6.07 Å². The average Bonchev–Trinajstić information content (AvgIpc) is 2.75. The van der Waals surface area contributed by atoms with Gasteiger partial charge in [-0.3, -0.25) is 4.79 Å². The van der Waals surface area contributed by atoms with E-state index in [9.17, 15) is 4.79 Å². The first-order valence-corrected chi connectivity index (χ1v) is 6.67. The smallest absolute Gasteiger partial charge is 0.247 e. The first-order chi connectivity index (χ1) is 8.27. The van der Waals surface area contributed by atoms with Crippen molar-refractivity contribution < 1.29 is 0 Å². The van der Waals surface area contributed by atoms with Crippen LogP contribution < -0.4 is 10.9 Å². The Hall–Kier alpha value is -1.09. The number of H-pyrrole nitrogens is 1. The predicted octanol–water partition coefficient (Wildman–Crippen LogP) is 2.01. The summed E-state index contributed by atoms with van der Waals surface area (Å²) in [5.41, 5.74) is 1.85. The maximum atomic E-state index is 11.1. The van der Waals surface area contributed by atoms with Crippen LogP contribution in [0.3, 0.4) is 0 Å². The van der Waals surface area contributed by atoms with Crippen LogP contribution >= 0.6 is 0 Å². The van der Waals surface area contributed by atoms with Gasteiger partial charge in [0.2, 0.25) is 5.56 Å². The first-order valence-electron chi connectivity index (χ1n) is 6.67. The Morgan fingerprint density at radius 1 is 1.29 bits per heavy atom. The fourth-order valence-electron chi connectivity index (χ4n) is 3.59. The Balaban J connectivity index is 1.75.